The van der Waals surface area contributed by atoms with Crippen molar-refractivity contribution >= 4 is 0 Å². The molecule has 1 rings (SSSR count). The van der Waals surface area contributed by atoms with Gasteiger partial charge in [-0.2, -0.15) is 0 Å². The van der Waals surface area contributed by atoms with Crippen molar-refractivity contribution in [2.24, 2.45) is 0 Å². The smallest absolute Gasteiger partial charge is 0.157 e. The highest BCUT2D eigenvalue weighted by atomic mass is 16.3. The second kappa shape index (κ2) is 1.74. The number of aromatic hydroxyl groups is 2. The van der Waals surface area contributed by atoms with E-state index in [0.29, 0.717) is 0 Å². The molecular weight excluding hydrogens is 104 g/mol. The molecule has 0 amide bonds. The maximum absolute atomic E-state index is 8.83. The van der Waals surface area contributed by atoms with E-state index in [1.807, 2.05) is 0 Å². The Hall–Kier alpha value is -1.18. The minimum Gasteiger partial charge on any atom is -0.504 e. The van der Waals surface area contributed by atoms with Crippen molar-refractivity contribution in [2.45, 2.75) is 0 Å². The summed E-state index contributed by atoms with van der Waals surface area (Å²) in [5.74, 6) is -1.07. The van der Waals surface area contributed by atoms with Crippen LogP contribution in [0.2, 0.25) is 0 Å². The van der Waals surface area contributed by atoms with Crippen LogP contribution in [0.3, 0.4) is 0 Å². The van der Waals surface area contributed by atoms with Crippen molar-refractivity contribution < 1.29 is 13.0 Å². The van der Waals surface area contributed by atoms with Gasteiger partial charge in [0.05, 0.1) is 2.74 Å². The van der Waals surface area contributed by atoms with Crippen LogP contribution in [0.25, 0.3) is 0 Å². The zero-order chi connectivity index (χ0) is 7.72. The molecule has 0 radical (unpaired) electrons. The van der Waals surface area contributed by atoms with Crippen LogP contribution in [0.5, 0.6) is 11.5 Å². The Morgan fingerprint density at radius 1 is 1.12 bits per heavy atom. The van der Waals surface area contributed by atoms with Crippen LogP contribution in [0.4, 0.5) is 0 Å². The molecule has 0 bridgehead atoms. The highest BCUT2D eigenvalue weighted by molar-refractivity contribution is 5.36. The van der Waals surface area contributed by atoms with Crippen molar-refractivity contribution in [3.05, 3.63) is 24.2 Å². The number of phenols is 2. The lowest BCUT2D eigenvalue weighted by atomic mass is 10.3. The third kappa shape index (κ3) is 0.729. The van der Waals surface area contributed by atoms with Crippen molar-refractivity contribution in [2.75, 3.05) is 0 Å². The Kier molecular flexibility index (Phi) is 0.645. The molecule has 2 heteroatoms. The second-order valence-corrected chi connectivity index (χ2v) is 1.32. The maximum atomic E-state index is 8.83. The van der Waals surface area contributed by atoms with Crippen LogP contribution in [-0.4, -0.2) is 10.2 Å². The summed E-state index contributed by atoms with van der Waals surface area (Å²) >= 11 is 0. The first-order chi connectivity index (χ1) is 4.63. The fourth-order valence-electron chi connectivity index (χ4n) is 0.378. The molecule has 8 heavy (non-hydrogen) atoms. The summed E-state index contributed by atoms with van der Waals surface area (Å²) in [6, 6.07) is 2.15. The Morgan fingerprint density at radius 3 is 1.88 bits per heavy atom. The number of hydrogen-bond acceptors (Lipinski definition) is 2. The van der Waals surface area contributed by atoms with Gasteiger partial charge in [-0.05, 0) is 12.1 Å². The highest BCUT2D eigenvalue weighted by Crippen LogP contribution is 2.21. The van der Waals surface area contributed by atoms with Crippen LogP contribution >= 0.6 is 0 Å². The van der Waals surface area contributed by atoms with Crippen LogP contribution in [0.1, 0.15) is 2.74 Å². The average Bonchev–Trinajstić information content (AvgIpc) is 1.93. The van der Waals surface area contributed by atoms with Crippen molar-refractivity contribution in [3.8, 4) is 11.5 Å². The van der Waals surface area contributed by atoms with E-state index in [0.717, 1.165) is 0 Å². The first kappa shape index (κ1) is 2.97. The molecule has 0 saturated heterocycles. The topological polar surface area (TPSA) is 40.5 Å². The zero-order valence-corrected chi connectivity index (χ0v) is 4.05. The summed E-state index contributed by atoms with van der Waals surface area (Å²) < 4.78 is 13.9. The minimum absolute atomic E-state index is 0.173. The molecule has 42 valence electrons. The van der Waals surface area contributed by atoms with Gasteiger partial charge in [0.2, 0.25) is 0 Å². The number of hydrogen-bond donors (Lipinski definition) is 2. The lowest BCUT2D eigenvalue weighted by Gasteiger charge is -1.91. The van der Waals surface area contributed by atoms with Crippen LogP contribution in [-0.2, 0) is 0 Å². The van der Waals surface area contributed by atoms with Gasteiger partial charge in [0.25, 0.3) is 0 Å². The van der Waals surface area contributed by atoms with Gasteiger partial charge in [0.15, 0.2) is 11.5 Å². The number of phenolic OH excluding ortho intramolecular Hbond substituents is 2. The molecular formula is C6H6O2. The average molecular weight is 112 g/mol. The van der Waals surface area contributed by atoms with Gasteiger partial charge in [-0.1, -0.05) is 12.1 Å². The molecule has 0 heterocycles. The van der Waals surface area contributed by atoms with Gasteiger partial charge in [0.1, 0.15) is 0 Å². The molecule has 0 saturated carbocycles. The first-order valence-electron chi connectivity index (χ1n) is 3.11. The third-order valence-corrected chi connectivity index (χ3v) is 0.748. The molecule has 0 fully saturated rings. The zero-order valence-electron chi connectivity index (χ0n) is 6.05. The lowest BCUT2D eigenvalue weighted by molar-refractivity contribution is 0.404. The molecule has 0 spiro atoms. The number of rotatable bonds is 0. The predicted octanol–water partition coefficient (Wildman–Crippen LogP) is 1.10. The van der Waals surface area contributed by atoms with Gasteiger partial charge in [-0.15, -0.1) is 0 Å². The first-order valence-corrected chi connectivity index (χ1v) is 2.11. The van der Waals surface area contributed by atoms with Crippen LogP contribution < -0.4 is 0 Å². The van der Waals surface area contributed by atoms with Gasteiger partial charge in [0, 0.05) is 0 Å². The summed E-state index contributed by atoms with van der Waals surface area (Å²) in [5, 5.41) is 17.7. The van der Waals surface area contributed by atoms with E-state index in [2.05, 4.69) is 0 Å². The van der Waals surface area contributed by atoms with E-state index in [1.54, 1.807) is 0 Å². The summed E-state index contributed by atoms with van der Waals surface area (Å²) in [5.41, 5.74) is 0. The fraction of sp³-hybridized carbons (Fsp3) is 0. The fourth-order valence-corrected chi connectivity index (χ4v) is 0.378. The minimum atomic E-state index is -0.535. The molecule has 1 aromatic rings. The quantitative estimate of drug-likeness (QED) is 0.493. The summed E-state index contributed by atoms with van der Waals surface area (Å²) in [4.78, 5) is 0. The predicted molar refractivity (Wildman–Crippen MR) is 29.8 cm³/mol. The Morgan fingerprint density at radius 2 is 1.50 bits per heavy atom. The van der Waals surface area contributed by atoms with Gasteiger partial charge in [-0.25, -0.2) is 0 Å². The molecule has 0 atom stereocenters. The van der Waals surface area contributed by atoms with Gasteiger partial charge in [-0.3, -0.25) is 0 Å². The molecule has 2 N–H and O–H groups in total. The standard InChI is InChI=1S/C6H6O2/c7-5-3-1-2-4-6(5)8/h1-4,7-8H/i3D,4D. The molecule has 1 aromatic carbocycles. The molecule has 0 aliphatic rings. The van der Waals surface area contributed by atoms with Gasteiger partial charge >= 0.3 is 0 Å². The Labute approximate surface area is 49.8 Å². The largest absolute Gasteiger partial charge is 0.504 e. The molecule has 0 aromatic heterocycles. The Balaban J connectivity index is 3.34. The molecule has 2 nitrogen and oxygen atoms in total. The Bertz CT molecular complexity index is 233. The van der Waals surface area contributed by atoms with E-state index in [4.69, 9.17) is 13.0 Å². The van der Waals surface area contributed by atoms with Crippen molar-refractivity contribution in [1.82, 2.24) is 0 Å². The number of benzene rings is 1. The van der Waals surface area contributed by atoms with Crippen molar-refractivity contribution in [3.63, 3.8) is 0 Å². The molecule has 0 aliphatic heterocycles. The van der Waals surface area contributed by atoms with E-state index in [-0.39, 0.29) is 12.1 Å². The summed E-state index contributed by atoms with van der Waals surface area (Å²) in [6.07, 6.45) is 0. The lowest BCUT2D eigenvalue weighted by Crippen LogP contribution is -1.63. The molecule has 0 unspecified atom stereocenters. The van der Waals surface area contributed by atoms with E-state index >= 15 is 0 Å². The monoisotopic (exact) mass is 112 g/mol. The summed E-state index contributed by atoms with van der Waals surface area (Å²) in [6.45, 7) is 0. The SMILES string of the molecule is [2H]c1ccc([2H])c(O)c1O. The highest BCUT2D eigenvalue weighted by Gasteiger charge is 1.90. The molecule has 0 aliphatic carbocycles. The van der Waals surface area contributed by atoms with Gasteiger partial charge < -0.3 is 10.2 Å². The number of para-hydroxylation sites is 2. The second-order valence-electron chi connectivity index (χ2n) is 1.32. The van der Waals surface area contributed by atoms with E-state index < -0.39 is 11.5 Å². The summed E-state index contributed by atoms with van der Waals surface area (Å²) in [7, 11) is 0. The van der Waals surface area contributed by atoms with E-state index in [9.17, 15) is 0 Å². The third-order valence-electron chi connectivity index (χ3n) is 0.748. The van der Waals surface area contributed by atoms with E-state index in [1.165, 1.54) is 12.1 Å². The van der Waals surface area contributed by atoms with Crippen LogP contribution in [0.15, 0.2) is 24.2 Å². The maximum Gasteiger partial charge on any atom is 0.157 e. The van der Waals surface area contributed by atoms with Crippen molar-refractivity contribution in [1.29, 1.82) is 0 Å². The van der Waals surface area contributed by atoms with Crippen LogP contribution in [0, 0.1) is 0 Å². The normalized spacial score (nSPS) is 12.5.